The Kier molecular flexibility index (Phi) is 8.52. The van der Waals surface area contributed by atoms with Gasteiger partial charge in [0.05, 0.1) is 24.2 Å². The van der Waals surface area contributed by atoms with Gasteiger partial charge in [-0.2, -0.15) is 12.7 Å². The molecule has 0 spiro atoms. The van der Waals surface area contributed by atoms with Crippen LogP contribution in [0, 0.1) is 13.8 Å². The molecule has 3 aliphatic rings. The van der Waals surface area contributed by atoms with Crippen LogP contribution in [-0.4, -0.2) is 46.8 Å². The van der Waals surface area contributed by atoms with Crippen molar-refractivity contribution in [1.29, 1.82) is 0 Å². The van der Waals surface area contributed by atoms with Gasteiger partial charge in [0.1, 0.15) is 17.0 Å². The maximum absolute atomic E-state index is 13.4. The van der Waals surface area contributed by atoms with Crippen molar-refractivity contribution in [3.05, 3.63) is 106 Å². The average molecular weight is 668 g/mol. The van der Waals surface area contributed by atoms with Gasteiger partial charge in [-0.15, -0.1) is 5.10 Å². The zero-order valence-corrected chi connectivity index (χ0v) is 27.9. The number of anilines is 1. The Balaban J connectivity index is 1.34. The summed E-state index contributed by atoms with van der Waals surface area (Å²) < 4.78 is 47.2. The van der Waals surface area contributed by atoms with E-state index in [1.54, 1.807) is 19.1 Å². The molecule has 1 N–H and O–H groups in total. The molecule has 12 heteroatoms. The lowest BCUT2D eigenvalue weighted by Crippen LogP contribution is -2.37. The molecular formula is C36H37N5O6S. The first-order chi connectivity index (χ1) is 23.2. The second-order valence-electron chi connectivity index (χ2n) is 12.2. The number of fused-ring (bicyclic) bond motifs is 4. The van der Waals surface area contributed by atoms with Crippen LogP contribution in [0.3, 0.4) is 0 Å². The Labute approximate surface area is 279 Å². The van der Waals surface area contributed by atoms with Crippen molar-refractivity contribution in [2.75, 3.05) is 18.5 Å². The molecule has 0 aliphatic carbocycles. The number of carbonyl (C=O) groups is 1. The number of nitrogens with zero attached hydrogens (tertiary/aromatic N) is 4. The summed E-state index contributed by atoms with van der Waals surface area (Å²) in [6.07, 6.45) is 0.900. The molecule has 9 bridgehead atoms. The predicted molar refractivity (Wildman–Crippen MR) is 181 cm³/mol. The highest BCUT2D eigenvalue weighted by atomic mass is 32.2. The number of nitrogens with one attached hydrogen (secondary N) is 1. The molecule has 1 aromatic heterocycles. The van der Waals surface area contributed by atoms with E-state index in [1.807, 2.05) is 79.2 Å². The molecule has 0 saturated carbocycles. The Morgan fingerprint density at radius 2 is 1.83 bits per heavy atom. The summed E-state index contributed by atoms with van der Waals surface area (Å²) in [5.41, 5.74) is 7.68. The van der Waals surface area contributed by atoms with Crippen LogP contribution in [0.25, 0.3) is 11.0 Å². The van der Waals surface area contributed by atoms with Crippen molar-refractivity contribution in [2.24, 2.45) is 0 Å². The Morgan fingerprint density at radius 3 is 2.69 bits per heavy atom. The van der Waals surface area contributed by atoms with E-state index in [0.29, 0.717) is 30.2 Å². The van der Waals surface area contributed by atoms with Crippen LogP contribution in [0.4, 0.5) is 5.69 Å². The van der Waals surface area contributed by atoms with Gasteiger partial charge in [0.25, 0.3) is 0 Å². The standard InChI is InChI=1S/C36H37N5O6S/c1-4-45-35(42)20-30-25-11-10-23(2)26(18-25)21-40-22-27-19-28(12-15-33(27)47-48(40,43)44)46-34-9-6-5-8-31(34)37-16-7-17-41-32-14-13-29(30)24(3)36(32)38-39-41/h5-6,8-15,18-19,30,37H,4,7,16-17,20-22H2,1-3H3. The highest BCUT2D eigenvalue weighted by Gasteiger charge is 2.33. The van der Waals surface area contributed by atoms with E-state index in [-0.39, 0.29) is 43.8 Å². The molecule has 11 nitrogen and oxygen atoms in total. The van der Waals surface area contributed by atoms with Gasteiger partial charge in [0.15, 0.2) is 5.75 Å². The van der Waals surface area contributed by atoms with Crippen molar-refractivity contribution >= 4 is 33.0 Å². The predicted octanol–water partition coefficient (Wildman–Crippen LogP) is 6.38. The second-order valence-corrected chi connectivity index (χ2v) is 13.7. The Bertz CT molecular complexity index is 2130. The quantitative estimate of drug-likeness (QED) is 0.218. The molecule has 0 radical (unpaired) electrons. The second kappa shape index (κ2) is 12.9. The van der Waals surface area contributed by atoms with Crippen molar-refractivity contribution < 1.29 is 26.9 Å². The monoisotopic (exact) mass is 667 g/mol. The molecule has 4 heterocycles. The molecule has 8 rings (SSSR count). The number of para-hydroxylation sites is 2. The summed E-state index contributed by atoms with van der Waals surface area (Å²) in [5, 5.41) is 12.5. The van der Waals surface area contributed by atoms with E-state index in [0.717, 1.165) is 51.0 Å². The number of carbonyl (C=O) groups excluding carboxylic acids is 1. The van der Waals surface area contributed by atoms with Crippen LogP contribution in [0.2, 0.25) is 0 Å². The number of aromatic nitrogens is 3. The van der Waals surface area contributed by atoms with Gasteiger partial charge in [-0.3, -0.25) is 4.79 Å². The zero-order valence-electron chi connectivity index (χ0n) is 27.1. The van der Waals surface area contributed by atoms with Crippen LogP contribution in [0.5, 0.6) is 17.2 Å². The molecule has 0 fully saturated rings. The van der Waals surface area contributed by atoms with Crippen molar-refractivity contribution in [1.82, 2.24) is 19.3 Å². The number of hydrogen-bond acceptors (Lipinski definition) is 9. The van der Waals surface area contributed by atoms with Gasteiger partial charge in [0.2, 0.25) is 0 Å². The summed E-state index contributed by atoms with van der Waals surface area (Å²) in [5.74, 6) is 0.830. The van der Waals surface area contributed by atoms with E-state index in [2.05, 4.69) is 15.6 Å². The molecule has 2 atom stereocenters. The molecule has 0 amide bonds. The van der Waals surface area contributed by atoms with Gasteiger partial charge in [-0.1, -0.05) is 41.6 Å². The Morgan fingerprint density at radius 1 is 1.00 bits per heavy atom. The van der Waals surface area contributed by atoms with E-state index >= 15 is 0 Å². The lowest BCUT2D eigenvalue weighted by Gasteiger charge is -2.29. The highest BCUT2D eigenvalue weighted by Crippen LogP contribution is 2.38. The van der Waals surface area contributed by atoms with Crippen LogP contribution >= 0.6 is 0 Å². The maximum Gasteiger partial charge on any atom is 0.385 e. The van der Waals surface area contributed by atoms with Crippen molar-refractivity contribution in [3.63, 3.8) is 0 Å². The smallest absolute Gasteiger partial charge is 0.385 e. The summed E-state index contributed by atoms with van der Waals surface area (Å²) in [4.78, 5) is 13.0. The van der Waals surface area contributed by atoms with Crippen LogP contribution in [-0.2, 0) is 39.5 Å². The minimum atomic E-state index is -4.08. The molecule has 4 aromatic carbocycles. The van der Waals surface area contributed by atoms with Crippen LogP contribution in [0.1, 0.15) is 59.1 Å². The lowest BCUT2D eigenvalue weighted by molar-refractivity contribution is -0.143. The number of rotatable bonds is 3. The summed E-state index contributed by atoms with van der Waals surface area (Å²) in [6.45, 7) is 7.53. The zero-order chi connectivity index (χ0) is 33.4. The number of ether oxygens (including phenoxy) is 2. The van der Waals surface area contributed by atoms with Crippen molar-refractivity contribution in [2.45, 2.75) is 59.2 Å². The normalized spacial score (nSPS) is 18.6. The molecule has 5 aromatic rings. The number of esters is 1. The highest BCUT2D eigenvalue weighted by molar-refractivity contribution is 7.84. The van der Waals surface area contributed by atoms with Gasteiger partial charge >= 0.3 is 16.3 Å². The SMILES string of the molecule is CCOC(=O)CC1c2ccc(C)c(c2)CN2Cc3cc(ccc3OS2(=O)=O)Oc2ccccc2NCCCn2nnc3c(C)c1ccc32. The van der Waals surface area contributed by atoms with Gasteiger partial charge in [-0.25, -0.2) is 4.68 Å². The van der Waals surface area contributed by atoms with Gasteiger partial charge in [0, 0.05) is 37.7 Å². The maximum atomic E-state index is 13.4. The number of hydrogen-bond donors (Lipinski definition) is 1. The molecule has 3 aliphatic heterocycles. The van der Waals surface area contributed by atoms with Gasteiger partial charge < -0.3 is 19.0 Å². The minimum absolute atomic E-state index is 0.0811. The molecule has 2 unspecified atom stereocenters. The minimum Gasteiger partial charge on any atom is -0.466 e. The summed E-state index contributed by atoms with van der Waals surface area (Å²) >= 11 is 0. The molecule has 0 saturated heterocycles. The average Bonchev–Trinajstić information content (AvgIpc) is 3.48. The lowest BCUT2D eigenvalue weighted by atomic mass is 9.84. The topological polar surface area (TPSA) is 125 Å². The van der Waals surface area contributed by atoms with E-state index in [1.165, 1.54) is 4.31 Å². The third kappa shape index (κ3) is 6.20. The largest absolute Gasteiger partial charge is 0.466 e. The Hall–Kier alpha value is -4.94. The molecule has 48 heavy (non-hydrogen) atoms. The third-order valence-electron chi connectivity index (χ3n) is 9.02. The number of benzene rings is 4. The van der Waals surface area contributed by atoms with E-state index < -0.39 is 10.3 Å². The van der Waals surface area contributed by atoms with E-state index in [9.17, 15) is 13.2 Å². The first-order valence-corrected chi connectivity index (χ1v) is 17.5. The van der Waals surface area contributed by atoms with E-state index in [4.69, 9.17) is 13.7 Å². The van der Waals surface area contributed by atoms with Gasteiger partial charge in [-0.05, 0) is 91.4 Å². The first kappa shape index (κ1) is 31.6. The van der Waals surface area contributed by atoms with Crippen LogP contribution < -0.4 is 14.2 Å². The molecular weight excluding hydrogens is 630 g/mol. The fraction of sp³-hybridized carbons (Fsp3) is 0.306. The first-order valence-electron chi connectivity index (χ1n) is 16.1. The fourth-order valence-electron chi connectivity index (χ4n) is 6.46. The summed E-state index contributed by atoms with van der Waals surface area (Å²) in [7, 11) is -4.08. The van der Waals surface area contributed by atoms with Crippen LogP contribution in [0.15, 0.2) is 72.8 Å². The number of aryl methyl sites for hydroxylation is 3. The van der Waals surface area contributed by atoms with Crippen molar-refractivity contribution in [3.8, 4) is 17.2 Å². The summed E-state index contributed by atoms with van der Waals surface area (Å²) in [6, 6.07) is 22.9. The third-order valence-corrected chi connectivity index (χ3v) is 10.3. The fourth-order valence-corrected chi connectivity index (χ4v) is 7.55. The molecule has 248 valence electrons.